The third-order valence-corrected chi connectivity index (χ3v) is 5.24. The van der Waals surface area contributed by atoms with Gasteiger partial charge in [-0.05, 0) is 29.4 Å². The molecular formula is C24H25N3O4S. The van der Waals surface area contributed by atoms with Crippen LogP contribution in [0.2, 0.25) is 0 Å². The molecule has 166 valence electrons. The van der Waals surface area contributed by atoms with Gasteiger partial charge in [0.2, 0.25) is 11.8 Å². The van der Waals surface area contributed by atoms with Gasteiger partial charge in [-0.2, -0.15) is 0 Å². The molecule has 1 heterocycles. The van der Waals surface area contributed by atoms with Gasteiger partial charge in [0, 0.05) is 25.6 Å². The Kier molecular flexibility index (Phi) is 8.51. The Bertz CT molecular complexity index is 979. The molecule has 1 saturated heterocycles. The molecule has 3 rings (SSSR count). The van der Waals surface area contributed by atoms with E-state index in [1.54, 1.807) is 11.0 Å². The Labute approximate surface area is 192 Å². The zero-order valence-electron chi connectivity index (χ0n) is 17.5. The number of hydrogen-bond acceptors (Lipinski definition) is 5. The van der Waals surface area contributed by atoms with Crippen LogP contribution in [0.4, 0.5) is 0 Å². The highest BCUT2D eigenvalue weighted by Gasteiger charge is 2.34. The van der Waals surface area contributed by atoms with Crippen LogP contribution in [0.1, 0.15) is 17.5 Å². The molecule has 0 radical (unpaired) electrons. The molecule has 2 N–H and O–H groups in total. The van der Waals surface area contributed by atoms with Crippen LogP contribution < -0.4 is 10.6 Å². The Hall–Kier alpha value is -3.52. The van der Waals surface area contributed by atoms with Crippen LogP contribution in [0.15, 0.2) is 66.7 Å². The monoisotopic (exact) mass is 451 g/mol. The highest BCUT2D eigenvalue weighted by molar-refractivity contribution is 7.80. The number of piperazine rings is 1. The number of benzene rings is 2. The SMILES string of the molecule is O=C(/C=C/c1ccccc1)NC(=S)N1CCNC(=O)[C@@H]1CC(=O)OCCc1ccccc1. The normalized spacial score (nSPS) is 15.8. The number of carbonyl (C=O) groups excluding carboxylic acids is 3. The first-order valence-corrected chi connectivity index (χ1v) is 10.8. The molecule has 0 unspecified atom stereocenters. The van der Waals surface area contributed by atoms with Crippen LogP contribution >= 0.6 is 12.2 Å². The van der Waals surface area contributed by atoms with Crippen molar-refractivity contribution in [1.82, 2.24) is 15.5 Å². The van der Waals surface area contributed by atoms with E-state index in [4.69, 9.17) is 17.0 Å². The summed E-state index contributed by atoms with van der Waals surface area (Å²) in [5, 5.41) is 5.44. The van der Waals surface area contributed by atoms with E-state index in [1.165, 1.54) is 6.08 Å². The molecule has 0 aliphatic carbocycles. The quantitative estimate of drug-likeness (QED) is 0.381. The van der Waals surface area contributed by atoms with Gasteiger partial charge in [0.1, 0.15) is 6.04 Å². The lowest BCUT2D eigenvalue weighted by molar-refractivity contribution is -0.147. The van der Waals surface area contributed by atoms with E-state index in [0.29, 0.717) is 19.5 Å². The second-order valence-electron chi connectivity index (χ2n) is 7.20. The molecule has 1 aliphatic heterocycles. The van der Waals surface area contributed by atoms with E-state index in [1.807, 2.05) is 60.7 Å². The maximum absolute atomic E-state index is 12.4. The van der Waals surface area contributed by atoms with Crippen LogP contribution in [0, 0.1) is 0 Å². The van der Waals surface area contributed by atoms with Gasteiger partial charge in [-0.3, -0.25) is 19.7 Å². The van der Waals surface area contributed by atoms with Gasteiger partial charge in [-0.1, -0.05) is 60.7 Å². The number of thiocarbonyl (C=S) groups is 1. The molecule has 0 aromatic heterocycles. The van der Waals surface area contributed by atoms with Crippen molar-refractivity contribution in [3.63, 3.8) is 0 Å². The first-order chi connectivity index (χ1) is 15.5. The van der Waals surface area contributed by atoms with E-state index in [9.17, 15) is 14.4 Å². The number of nitrogens with one attached hydrogen (secondary N) is 2. The number of amides is 2. The van der Waals surface area contributed by atoms with Crippen molar-refractivity contribution >= 4 is 41.2 Å². The molecule has 2 aromatic carbocycles. The lowest BCUT2D eigenvalue weighted by atomic mass is 10.1. The Morgan fingerprint density at radius 2 is 1.81 bits per heavy atom. The second kappa shape index (κ2) is 11.8. The summed E-state index contributed by atoms with van der Waals surface area (Å²) in [5.41, 5.74) is 1.94. The first kappa shape index (κ1) is 23.1. The average Bonchev–Trinajstić information content (AvgIpc) is 2.80. The standard InChI is InChI=1S/C24H25N3O4S/c28-21(12-11-18-7-3-1-4-8-18)26-24(32)27-15-14-25-23(30)20(27)17-22(29)31-16-13-19-9-5-2-6-10-19/h1-12,20H,13-17H2,(H,25,30)(H,26,28,32)/b12-11+/t20-/m0/s1. The van der Waals surface area contributed by atoms with Gasteiger partial charge >= 0.3 is 5.97 Å². The zero-order valence-corrected chi connectivity index (χ0v) is 18.3. The average molecular weight is 452 g/mol. The number of esters is 1. The Morgan fingerprint density at radius 3 is 2.53 bits per heavy atom. The summed E-state index contributed by atoms with van der Waals surface area (Å²) in [4.78, 5) is 38.5. The van der Waals surface area contributed by atoms with Crippen LogP contribution in [0.5, 0.6) is 0 Å². The number of carbonyl (C=O) groups is 3. The summed E-state index contributed by atoms with van der Waals surface area (Å²) >= 11 is 5.34. The molecule has 0 spiro atoms. The second-order valence-corrected chi connectivity index (χ2v) is 7.59. The third kappa shape index (κ3) is 7.02. The molecule has 2 amide bonds. The maximum atomic E-state index is 12.4. The van der Waals surface area contributed by atoms with Gasteiger partial charge in [0.05, 0.1) is 13.0 Å². The van der Waals surface area contributed by atoms with E-state index in [2.05, 4.69) is 10.6 Å². The summed E-state index contributed by atoms with van der Waals surface area (Å²) in [6, 6.07) is 18.2. The summed E-state index contributed by atoms with van der Waals surface area (Å²) in [7, 11) is 0. The Morgan fingerprint density at radius 1 is 1.12 bits per heavy atom. The first-order valence-electron chi connectivity index (χ1n) is 10.3. The largest absolute Gasteiger partial charge is 0.465 e. The molecule has 1 fully saturated rings. The lowest BCUT2D eigenvalue weighted by Gasteiger charge is -2.36. The maximum Gasteiger partial charge on any atom is 0.308 e. The van der Waals surface area contributed by atoms with Crippen molar-refractivity contribution < 1.29 is 19.1 Å². The smallest absolute Gasteiger partial charge is 0.308 e. The fourth-order valence-corrected chi connectivity index (χ4v) is 3.58. The van der Waals surface area contributed by atoms with E-state index < -0.39 is 17.9 Å². The zero-order chi connectivity index (χ0) is 22.8. The molecule has 0 saturated carbocycles. The lowest BCUT2D eigenvalue weighted by Crippen LogP contribution is -2.60. The number of nitrogens with zero attached hydrogens (tertiary/aromatic N) is 1. The number of rotatable bonds is 7. The molecular weight excluding hydrogens is 426 g/mol. The molecule has 2 aromatic rings. The van der Waals surface area contributed by atoms with Crippen molar-refractivity contribution in [3.8, 4) is 0 Å². The van der Waals surface area contributed by atoms with Gasteiger partial charge < -0.3 is 15.0 Å². The fourth-order valence-electron chi connectivity index (χ4n) is 3.26. The van der Waals surface area contributed by atoms with Crippen LogP contribution in [0.3, 0.4) is 0 Å². The van der Waals surface area contributed by atoms with Gasteiger partial charge in [-0.25, -0.2) is 0 Å². The Balaban J connectivity index is 1.52. The highest BCUT2D eigenvalue weighted by atomic mass is 32.1. The van der Waals surface area contributed by atoms with E-state index in [-0.39, 0.29) is 24.0 Å². The predicted molar refractivity (Wildman–Crippen MR) is 125 cm³/mol. The van der Waals surface area contributed by atoms with E-state index in [0.717, 1.165) is 11.1 Å². The molecule has 8 heteroatoms. The molecule has 1 aliphatic rings. The summed E-state index contributed by atoms with van der Waals surface area (Å²) in [5.74, 6) is -1.23. The molecule has 7 nitrogen and oxygen atoms in total. The number of hydrogen-bond donors (Lipinski definition) is 2. The van der Waals surface area contributed by atoms with Crippen LogP contribution in [0.25, 0.3) is 6.08 Å². The van der Waals surface area contributed by atoms with Crippen LogP contribution in [-0.4, -0.2) is 53.5 Å². The highest BCUT2D eigenvalue weighted by Crippen LogP contribution is 2.11. The van der Waals surface area contributed by atoms with Crippen molar-refractivity contribution in [2.24, 2.45) is 0 Å². The van der Waals surface area contributed by atoms with Gasteiger partial charge in [0.25, 0.3) is 0 Å². The fraction of sp³-hybridized carbons (Fsp3) is 0.250. The van der Waals surface area contributed by atoms with Crippen molar-refractivity contribution in [2.45, 2.75) is 18.9 Å². The topological polar surface area (TPSA) is 87.7 Å². The molecule has 1 atom stereocenters. The van der Waals surface area contributed by atoms with E-state index >= 15 is 0 Å². The van der Waals surface area contributed by atoms with Crippen molar-refractivity contribution in [2.75, 3.05) is 19.7 Å². The minimum atomic E-state index is -0.834. The van der Waals surface area contributed by atoms with Crippen molar-refractivity contribution in [1.29, 1.82) is 0 Å². The molecule has 0 bridgehead atoms. The summed E-state index contributed by atoms with van der Waals surface area (Å²) in [6.45, 7) is 0.978. The summed E-state index contributed by atoms with van der Waals surface area (Å²) in [6.07, 6.45) is 3.48. The summed E-state index contributed by atoms with van der Waals surface area (Å²) < 4.78 is 5.31. The minimum absolute atomic E-state index is 0.102. The van der Waals surface area contributed by atoms with Crippen LogP contribution in [-0.2, 0) is 25.5 Å². The molecule has 32 heavy (non-hydrogen) atoms. The third-order valence-electron chi connectivity index (χ3n) is 4.91. The minimum Gasteiger partial charge on any atom is -0.465 e. The number of ether oxygens (including phenoxy) is 1. The van der Waals surface area contributed by atoms with Gasteiger partial charge in [-0.15, -0.1) is 0 Å². The predicted octanol–water partition coefficient (Wildman–Crippen LogP) is 2.08. The van der Waals surface area contributed by atoms with Gasteiger partial charge in [0.15, 0.2) is 5.11 Å². The van der Waals surface area contributed by atoms with Crippen molar-refractivity contribution in [3.05, 3.63) is 77.9 Å².